The molecule has 1 aromatic carbocycles. The normalized spacial score (nSPS) is 18.4. The first-order valence-corrected chi connectivity index (χ1v) is 11.4. The maximum atomic E-state index is 13.2. The Labute approximate surface area is 185 Å². The van der Waals surface area contributed by atoms with Crippen molar-refractivity contribution >= 4 is 11.9 Å². The fourth-order valence-electron chi connectivity index (χ4n) is 4.76. The number of urea groups is 1. The van der Waals surface area contributed by atoms with Crippen LogP contribution in [0.15, 0.2) is 36.9 Å². The summed E-state index contributed by atoms with van der Waals surface area (Å²) in [6.07, 6.45) is 7.01. The van der Waals surface area contributed by atoms with Crippen molar-refractivity contribution in [3.8, 4) is 5.75 Å². The second-order valence-corrected chi connectivity index (χ2v) is 8.34. The highest BCUT2D eigenvalue weighted by atomic mass is 16.5. The van der Waals surface area contributed by atoms with Crippen LogP contribution in [0.25, 0.3) is 0 Å². The number of piperazine rings is 1. The lowest BCUT2D eigenvalue weighted by molar-refractivity contribution is -0.129. The van der Waals surface area contributed by atoms with Crippen LogP contribution in [0.5, 0.6) is 5.75 Å². The number of amides is 3. The zero-order valence-electron chi connectivity index (χ0n) is 18.6. The maximum absolute atomic E-state index is 13.2. The van der Waals surface area contributed by atoms with Crippen LogP contribution in [0.1, 0.15) is 31.2 Å². The van der Waals surface area contributed by atoms with Crippen LogP contribution in [0.4, 0.5) is 4.79 Å². The smallest absolute Gasteiger partial charge is 0.317 e. The molecule has 2 N–H and O–H groups in total. The van der Waals surface area contributed by atoms with E-state index in [1.807, 2.05) is 29.2 Å². The number of rotatable bonds is 9. The van der Waals surface area contributed by atoms with Crippen molar-refractivity contribution in [2.24, 2.45) is 5.92 Å². The van der Waals surface area contributed by atoms with Crippen molar-refractivity contribution in [2.75, 3.05) is 46.4 Å². The Bertz CT molecular complexity index is 740. The molecule has 0 aromatic heterocycles. The summed E-state index contributed by atoms with van der Waals surface area (Å²) in [5.41, 5.74) is 1.10. The summed E-state index contributed by atoms with van der Waals surface area (Å²) in [5.74, 6) is 1.37. The molecule has 1 aliphatic heterocycles. The summed E-state index contributed by atoms with van der Waals surface area (Å²) in [4.78, 5) is 29.6. The maximum Gasteiger partial charge on any atom is 0.317 e. The van der Waals surface area contributed by atoms with Crippen LogP contribution in [0.2, 0.25) is 0 Å². The van der Waals surface area contributed by atoms with E-state index in [0.29, 0.717) is 32.1 Å². The Morgan fingerprint density at radius 1 is 1.16 bits per heavy atom. The number of ether oxygens (including phenoxy) is 1. The molecule has 2 fully saturated rings. The van der Waals surface area contributed by atoms with Crippen LogP contribution in [-0.2, 0) is 11.2 Å². The van der Waals surface area contributed by atoms with Gasteiger partial charge in [-0.25, -0.2) is 4.79 Å². The Morgan fingerprint density at radius 3 is 2.55 bits per heavy atom. The van der Waals surface area contributed by atoms with Gasteiger partial charge >= 0.3 is 6.03 Å². The molecule has 7 heteroatoms. The third-order valence-electron chi connectivity index (χ3n) is 6.39. The van der Waals surface area contributed by atoms with E-state index in [9.17, 15) is 9.59 Å². The average Bonchev–Trinajstić information content (AvgIpc) is 3.32. The standard InChI is InChI=1S/C24H36N4O3/c1-3-13-26-24(30)28-17-15-27(16-18-28)22(20-9-4-5-10-20)23(29)25-14-12-19-8-6-7-11-21(19)31-2/h3,6-8,11,20,22H,1,4-5,9-10,12-18H2,2H3,(H,25,29)(H,26,30)/t22-/m0/s1. The summed E-state index contributed by atoms with van der Waals surface area (Å²) < 4.78 is 5.42. The number of hydrogen-bond donors (Lipinski definition) is 2. The molecule has 1 aliphatic carbocycles. The number of methoxy groups -OCH3 is 1. The number of benzene rings is 1. The first kappa shape index (κ1) is 23.1. The Balaban J connectivity index is 1.56. The molecule has 0 unspecified atom stereocenters. The molecular formula is C24H36N4O3. The van der Waals surface area contributed by atoms with E-state index >= 15 is 0 Å². The highest BCUT2D eigenvalue weighted by Gasteiger charge is 2.37. The van der Waals surface area contributed by atoms with Gasteiger partial charge in [0.05, 0.1) is 13.2 Å². The lowest BCUT2D eigenvalue weighted by Crippen LogP contribution is -2.59. The van der Waals surface area contributed by atoms with E-state index in [-0.39, 0.29) is 18.0 Å². The summed E-state index contributed by atoms with van der Waals surface area (Å²) >= 11 is 0. The number of carbonyl (C=O) groups is 2. The Morgan fingerprint density at radius 2 is 1.87 bits per heavy atom. The van der Waals surface area contributed by atoms with Gasteiger partial charge in [0, 0.05) is 39.3 Å². The molecule has 0 spiro atoms. The lowest BCUT2D eigenvalue weighted by Gasteiger charge is -2.40. The first-order valence-electron chi connectivity index (χ1n) is 11.4. The third-order valence-corrected chi connectivity index (χ3v) is 6.39. The van der Waals surface area contributed by atoms with Gasteiger partial charge in [0.1, 0.15) is 5.75 Å². The van der Waals surface area contributed by atoms with Crippen molar-refractivity contribution in [3.63, 3.8) is 0 Å². The molecule has 1 saturated carbocycles. The molecule has 0 radical (unpaired) electrons. The number of hydrogen-bond acceptors (Lipinski definition) is 4. The van der Waals surface area contributed by atoms with Gasteiger partial charge in [-0.05, 0) is 36.8 Å². The van der Waals surface area contributed by atoms with Crippen LogP contribution < -0.4 is 15.4 Å². The number of carbonyl (C=O) groups excluding carboxylic acids is 2. The second-order valence-electron chi connectivity index (χ2n) is 8.34. The molecule has 170 valence electrons. The molecule has 1 heterocycles. The minimum Gasteiger partial charge on any atom is -0.496 e. The summed E-state index contributed by atoms with van der Waals surface area (Å²) in [6.45, 7) is 7.43. The van der Waals surface area contributed by atoms with Crippen LogP contribution in [-0.4, -0.2) is 74.2 Å². The zero-order chi connectivity index (χ0) is 22.1. The lowest BCUT2D eigenvalue weighted by atomic mass is 9.95. The quantitative estimate of drug-likeness (QED) is 0.593. The van der Waals surface area contributed by atoms with E-state index in [2.05, 4.69) is 22.1 Å². The van der Waals surface area contributed by atoms with Crippen molar-refractivity contribution in [2.45, 2.75) is 38.1 Å². The molecule has 3 rings (SSSR count). The van der Waals surface area contributed by atoms with E-state index in [1.54, 1.807) is 13.2 Å². The predicted octanol–water partition coefficient (Wildman–Crippen LogP) is 2.43. The van der Waals surface area contributed by atoms with Gasteiger partial charge in [0.2, 0.25) is 5.91 Å². The fourth-order valence-corrected chi connectivity index (χ4v) is 4.76. The van der Waals surface area contributed by atoms with E-state index in [0.717, 1.165) is 43.7 Å². The number of nitrogens with one attached hydrogen (secondary N) is 2. The minimum atomic E-state index is -0.112. The van der Waals surface area contributed by atoms with Crippen molar-refractivity contribution in [1.29, 1.82) is 0 Å². The number of para-hydroxylation sites is 1. The molecule has 2 aliphatic rings. The van der Waals surface area contributed by atoms with Crippen LogP contribution in [0.3, 0.4) is 0 Å². The summed E-state index contributed by atoms with van der Waals surface area (Å²) in [6, 6.07) is 7.76. The molecule has 0 bridgehead atoms. The highest BCUT2D eigenvalue weighted by Crippen LogP contribution is 2.31. The van der Waals surface area contributed by atoms with Gasteiger partial charge in [-0.2, -0.15) is 0 Å². The van der Waals surface area contributed by atoms with Gasteiger partial charge in [0.15, 0.2) is 0 Å². The topological polar surface area (TPSA) is 73.9 Å². The fraction of sp³-hybridized carbons (Fsp3) is 0.583. The molecule has 7 nitrogen and oxygen atoms in total. The van der Waals surface area contributed by atoms with Crippen molar-refractivity contribution in [3.05, 3.63) is 42.5 Å². The summed E-state index contributed by atoms with van der Waals surface area (Å²) in [7, 11) is 1.67. The molecule has 1 saturated heterocycles. The summed E-state index contributed by atoms with van der Waals surface area (Å²) in [5, 5.41) is 6.02. The highest BCUT2D eigenvalue weighted by molar-refractivity contribution is 5.82. The van der Waals surface area contributed by atoms with Crippen LogP contribution in [0, 0.1) is 5.92 Å². The third kappa shape index (κ3) is 6.23. The van der Waals surface area contributed by atoms with Gasteiger partial charge < -0.3 is 20.3 Å². The first-order chi connectivity index (χ1) is 15.1. The molecule has 1 aromatic rings. The van der Waals surface area contributed by atoms with Gasteiger partial charge in [0.25, 0.3) is 0 Å². The Hall–Kier alpha value is -2.54. The molecular weight excluding hydrogens is 392 g/mol. The van der Waals surface area contributed by atoms with E-state index in [1.165, 1.54) is 12.8 Å². The van der Waals surface area contributed by atoms with E-state index in [4.69, 9.17) is 4.74 Å². The Kier molecular flexibility index (Phi) is 8.76. The van der Waals surface area contributed by atoms with Crippen molar-refractivity contribution in [1.82, 2.24) is 20.4 Å². The van der Waals surface area contributed by atoms with E-state index < -0.39 is 0 Å². The molecule has 31 heavy (non-hydrogen) atoms. The molecule has 1 atom stereocenters. The average molecular weight is 429 g/mol. The van der Waals surface area contributed by atoms with Crippen molar-refractivity contribution < 1.29 is 14.3 Å². The molecule has 3 amide bonds. The number of nitrogens with zero attached hydrogens (tertiary/aromatic N) is 2. The minimum absolute atomic E-state index is 0.0572. The van der Waals surface area contributed by atoms with Gasteiger partial charge in [-0.15, -0.1) is 6.58 Å². The van der Waals surface area contributed by atoms with Gasteiger partial charge in [-0.3, -0.25) is 9.69 Å². The monoisotopic (exact) mass is 428 g/mol. The predicted molar refractivity (Wildman–Crippen MR) is 122 cm³/mol. The largest absolute Gasteiger partial charge is 0.496 e. The zero-order valence-corrected chi connectivity index (χ0v) is 18.6. The van der Waals surface area contributed by atoms with Gasteiger partial charge in [-0.1, -0.05) is 37.1 Å². The SMILES string of the molecule is C=CCNC(=O)N1CCN([C@H](C(=O)NCCc2ccccc2OC)C2CCCC2)CC1. The van der Waals surface area contributed by atoms with Crippen LogP contribution >= 0.6 is 0 Å². The second kappa shape index (κ2) is 11.7.